The Morgan fingerprint density at radius 1 is 1.00 bits per heavy atom. The van der Waals surface area contributed by atoms with E-state index in [-0.39, 0.29) is 18.2 Å². The second-order valence-electron chi connectivity index (χ2n) is 7.69. The maximum absolute atomic E-state index is 13.2. The van der Waals surface area contributed by atoms with E-state index < -0.39 is 6.04 Å². The zero-order valence-electron chi connectivity index (χ0n) is 17.5. The molecule has 1 N–H and O–H groups in total. The quantitative estimate of drug-likeness (QED) is 0.622. The van der Waals surface area contributed by atoms with Crippen molar-refractivity contribution in [2.24, 2.45) is 5.92 Å². The molecule has 0 unspecified atom stereocenters. The first-order chi connectivity index (χ1) is 13.9. The third-order valence-corrected chi connectivity index (χ3v) is 5.08. The fourth-order valence-corrected chi connectivity index (χ4v) is 3.32. The Hall–Kier alpha value is -2.33. The molecule has 0 aromatic heterocycles. The summed E-state index contributed by atoms with van der Waals surface area (Å²) in [4.78, 5) is 27.7. The molecule has 0 aliphatic heterocycles. The molecule has 1 atom stereocenters. The Kier molecular flexibility index (Phi) is 9.20. The average Bonchev–Trinajstić information content (AvgIpc) is 2.71. The van der Waals surface area contributed by atoms with Crippen molar-refractivity contribution in [2.75, 3.05) is 13.1 Å². The SMILES string of the molecule is CC[C@H](C(=O)NCC(C)C)N(CCc1ccccc1)C(=O)Cc1ccc(Cl)cc1. The highest BCUT2D eigenvalue weighted by molar-refractivity contribution is 6.30. The van der Waals surface area contributed by atoms with Crippen molar-refractivity contribution in [1.82, 2.24) is 10.2 Å². The van der Waals surface area contributed by atoms with Gasteiger partial charge in [0.1, 0.15) is 6.04 Å². The van der Waals surface area contributed by atoms with Crippen molar-refractivity contribution in [3.63, 3.8) is 0 Å². The highest BCUT2D eigenvalue weighted by atomic mass is 35.5. The number of rotatable bonds is 10. The van der Waals surface area contributed by atoms with E-state index in [1.54, 1.807) is 17.0 Å². The third kappa shape index (κ3) is 7.54. The van der Waals surface area contributed by atoms with Crippen LogP contribution in [-0.2, 0) is 22.4 Å². The highest BCUT2D eigenvalue weighted by Gasteiger charge is 2.28. The molecule has 2 rings (SSSR count). The summed E-state index contributed by atoms with van der Waals surface area (Å²) >= 11 is 5.95. The van der Waals surface area contributed by atoms with Crippen LogP contribution in [0.2, 0.25) is 5.02 Å². The maximum Gasteiger partial charge on any atom is 0.242 e. The van der Waals surface area contributed by atoms with Gasteiger partial charge in [-0.25, -0.2) is 0 Å². The maximum atomic E-state index is 13.2. The molecule has 0 aliphatic rings. The molecule has 2 amide bonds. The first-order valence-electron chi connectivity index (χ1n) is 10.3. The predicted octanol–water partition coefficient (Wildman–Crippen LogP) is 4.50. The Labute approximate surface area is 179 Å². The van der Waals surface area contributed by atoms with Crippen molar-refractivity contribution < 1.29 is 9.59 Å². The lowest BCUT2D eigenvalue weighted by atomic mass is 10.1. The molecule has 2 aromatic rings. The molecule has 0 bridgehead atoms. The van der Waals surface area contributed by atoms with E-state index in [0.29, 0.717) is 36.9 Å². The normalized spacial score (nSPS) is 11.9. The Morgan fingerprint density at radius 3 is 2.24 bits per heavy atom. The summed E-state index contributed by atoms with van der Waals surface area (Å²) in [7, 11) is 0. The Bertz CT molecular complexity index is 775. The summed E-state index contributed by atoms with van der Waals surface area (Å²) in [6.45, 7) is 7.17. The summed E-state index contributed by atoms with van der Waals surface area (Å²) in [6.07, 6.45) is 1.53. The standard InChI is InChI=1S/C24H31ClN2O2/c1-4-22(24(29)26-17-18(2)3)27(15-14-19-8-6-5-7-9-19)23(28)16-20-10-12-21(25)13-11-20/h5-13,18,22H,4,14-17H2,1-3H3,(H,26,29)/t22-/m1/s1. The van der Waals surface area contributed by atoms with E-state index in [2.05, 4.69) is 19.2 Å². The van der Waals surface area contributed by atoms with Gasteiger partial charge in [0.2, 0.25) is 11.8 Å². The molecule has 5 heteroatoms. The lowest BCUT2D eigenvalue weighted by Crippen LogP contribution is -2.51. The fourth-order valence-electron chi connectivity index (χ4n) is 3.20. The molecule has 2 aromatic carbocycles. The minimum Gasteiger partial charge on any atom is -0.354 e. The summed E-state index contributed by atoms with van der Waals surface area (Å²) < 4.78 is 0. The zero-order valence-corrected chi connectivity index (χ0v) is 18.3. The van der Waals surface area contributed by atoms with Gasteiger partial charge in [0.05, 0.1) is 6.42 Å². The Morgan fingerprint density at radius 2 is 1.66 bits per heavy atom. The monoisotopic (exact) mass is 414 g/mol. The molecule has 0 heterocycles. The molecule has 0 saturated carbocycles. The first kappa shape index (κ1) is 23.0. The van der Waals surface area contributed by atoms with Crippen LogP contribution in [0.25, 0.3) is 0 Å². The van der Waals surface area contributed by atoms with Gasteiger partial charge < -0.3 is 10.2 Å². The van der Waals surface area contributed by atoms with Crippen LogP contribution < -0.4 is 5.32 Å². The van der Waals surface area contributed by atoms with Gasteiger partial charge in [-0.15, -0.1) is 0 Å². The van der Waals surface area contributed by atoms with Crippen LogP contribution in [0.5, 0.6) is 0 Å². The van der Waals surface area contributed by atoms with Crippen LogP contribution in [0.15, 0.2) is 54.6 Å². The van der Waals surface area contributed by atoms with Gasteiger partial charge in [-0.05, 0) is 42.0 Å². The molecule has 0 aliphatic carbocycles. The average molecular weight is 415 g/mol. The van der Waals surface area contributed by atoms with Crippen molar-refractivity contribution in [3.8, 4) is 0 Å². The molecule has 0 radical (unpaired) electrons. The summed E-state index contributed by atoms with van der Waals surface area (Å²) in [5, 5.41) is 3.63. The lowest BCUT2D eigenvalue weighted by molar-refractivity contribution is -0.140. The topological polar surface area (TPSA) is 49.4 Å². The van der Waals surface area contributed by atoms with Crippen LogP contribution in [0.4, 0.5) is 0 Å². The molecule has 29 heavy (non-hydrogen) atoms. The number of amides is 2. The number of halogens is 1. The van der Waals surface area contributed by atoms with Crippen molar-refractivity contribution in [3.05, 3.63) is 70.7 Å². The molecular weight excluding hydrogens is 384 g/mol. The number of nitrogens with one attached hydrogen (secondary N) is 1. The molecule has 0 fully saturated rings. The molecule has 156 valence electrons. The summed E-state index contributed by atoms with van der Waals surface area (Å²) in [6, 6.07) is 16.8. The number of nitrogens with zero attached hydrogens (tertiary/aromatic N) is 1. The van der Waals surface area contributed by atoms with Gasteiger partial charge in [-0.3, -0.25) is 9.59 Å². The predicted molar refractivity (Wildman–Crippen MR) is 119 cm³/mol. The zero-order chi connectivity index (χ0) is 21.2. The first-order valence-corrected chi connectivity index (χ1v) is 10.6. The number of benzene rings is 2. The minimum absolute atomic E-state index is 0.0465. The van der Waals surface area contributed by atoms with E-state index in [9.17, 15) is 9.59 Å². The van der Waals surface area contributed by atoms with Gasteiger partial charge >= 0.3 is 0 Å². The van der Waals surface area contributed by atoms with Crippen LogP contribution in [0.3, 0.4) is 0 Å². The van der Waals surface area contributed by atoms with E-state index in [0.717, 1.165) is 11.1 Å². The van der Waals surface area contributed by atoms with Gasteiger partial charge in [0.25, 0.3) is 0 Å². The highest BCUT2D eigenvalue weighted by Crippen LogP contribution is 2.14. The summed E-state index contributed by atoms with van der Waals surface area (Å²) in [5.74, 6) is 0.229. The van der Waals surface area contributed by atoms with Gasteiger partial charge in [-0.1, -0.05) is 74.8 Å². The Balaban J connectivity index is 2.16. The molecule has 4 nitrogen and oxygen atoms in total. The van der Waals surface area contributed by atoms with E-state index >= 15 is 0 Å². The number of hydrogen-bond donors (Lipinski definition) is 1. The second kappa shape index (κ2) is 11.6. The molecule has 0 spiro atoms. The molecular formula is C24H31ClN2O2. The van der Waals surface area contributed by atoms with Crippen LogP contribution >= 0.6 is 11.6 Å². The smallest absolute Gasteiger partial charge is 0.242 e. The molecule has 0 saturated heterocycles. The second-order valence-corrected chi connectivity index (χ2v) is 8.13. The number of carbonyl (C=O) groups excluding carboxylic acids is 2. The summed E-state index contributed by atoms with van der Waals surface area (Å²) in [5.41, 5.74) is 2.04. The fraction of sp³-hybridized carbons (Fsp3) is 0.417. The van der Waals surface area contributed by atoms with Gasteiger partial charge in [-0.2, -0.15) is 0 Å². The van der Waals surface area contributed by atoms with Crippen molar-refractivity contribution >= 4 is 23.4 Å². The number of hydrogen-bond acceptors (Lipinski definition) is 2. The van der Waals surface area contributed by atoms with Crippen molar-refractivity contribution in [1.29, 1.82) is 0 Å². The third-order valence-electron chi connectivity index (χ3n) is 4.82. The van der Waals surface area contributed by atoms with Crippen LogP contribution in [0, 0.1) is 5.92 Å². The van der Waals surface area contributed by atoms with E-state index in [1.165, 1.54) is 0 Å². The van der Waals surface area contributed by atoms with Crippen LogP contribution in [0.1, 0.15) is 38.3 Å². The van der Waals surface area contributed by atoms with E-state index in [1.807, 2.05) is 49.4 Å². The van der Waals surface area contributed by atoms with E-state index in [4.69, 9.17) is 11.6 Å². The lowest BCUT2D eigenvalue weighted by Gasteiger charge is -2.31. The largest absolute Gasteiger partial charge is 0.354 e. The van der Waals surface area contributed by atoms with Crippen LogP contribution in [-0.4, -0.2) is 35.8 Å². The van der Waals surface area contributed by atoms with Gasteiger partial charge in [0, 0.05) is 18.1 Å². The minimum atomic E-state index is -0.475. The number of carbonyl (C=O) groups is 2. The van der Waals surface area contributed by atoms with Gasteiger partial charge in [0.15, 0.2) is 0 Å². The van der Waals surface area contributed by atoms with Crippen molar-refractivity contribution in [2.45, 2.75) is 46.1 Å².